The average Bonchev–Trinajstić information content (AvgIpc) is 3.42. The summed E-state index contributed by atoms with van der Waals surface area (Å²) < 4.78 is 11.1. The molecule has 0 aliphatic carbocycles. The van der Waals surface area contributed by atoms with Crippen LogP contribution in [0.1, 0.15) is 36.9 Å². The number of ether oxygens (including phenoxy) is 2. The van der Waals surface area contributed by atoms with Gasteiger partial charge in [-0.05, 0) is 48.7 Å². The fourth-order valence-electron chi connectivity index (χ4n) is 3.71. The predicted octanol–water partition coefficient (Wildman–Crippen LogP) is 2.32. The number of benzene rings is 1. The summed E-state index contributed by atoms with van der Waals surface area (Å²) in [4.78, 5) is 31.3. The van der Waals surface area contributed by atoms with Crippen molar-refractivity contribution in [3.8, 4) is 5.75 Å². The van der Waals surface area contributed by atoms with Gasteiger partial charge in [-0.1, -0.05) is 6.07 Å². The summed E-state index contributed by atoms with van der Waals surface area (Å²) in [5.74, 6) is 0.217. The van der Waals surface area contributed by atoms with E-state index in [1.54, 1.807) is 48.7 Å². The van der Waals surface area contributed by atoms with Gasteiger partial charge in [0.05, 0.1) is 13.2 Å². The molecule has 8 nitrogen and oxygen atoms in total. The molecule has 0 saturated carbocycles. The molecule has 2 unspecified atom stereocenters. The Hall–Kier alpha value is -3.42. The normalized spacial score (nSPS) is 21.0. The highest BCUT2D eigenvalue weighted by atomic mass is 16.5. The molecule has 29 heavy (non-hydrogen) atoms. The molecule has 2 aliphatic heterocycles. The van der Waals surface area contributed by atoms with Crippen LogP contribution in [0.15, 0.2) is 53.9 Å². The SMILES string of the molecule is COc1cccc(C2=NN(C(C)=O)C(C(=O)N3CCCC3c3ccncc3)O2)c1. The van der Waals surface area contributed by atoms with Crippen molar-refractivity contribution in [2.24, 2.45) is 5.10 Å². The minimum absolute atomic E-state index is 0.0659. The van der Waals surface area contributed by atoms with E-state index in [0.717, 1.165) is 23.4 Å². The first-order chi connectivity index (χ1) is 14.1. The second-order valence-corrected chi connectivity index (χ2v) is 6.94. The molecule has 2 aliphatic rings. The zero-order valence-corrected chi connectivity index (χ0v) is 16.3. The first-order valence-corrected chi connectivity index (χ1v) is 9.48. The zero-order valence-electron chi connectivity index (χ0n) is 16.3. The van der Waals surface area contributed by atoms with Gasteiger partial charge in [0.2, 0.25) is 11.8 Å². The predicted molar refractivity (Wildman–Crippen MR) is 105 cm³/mol. The molecule has 0 bridgehead atoms. The number of carbonyl (C=O) groups excluding carboxylic acids is 2. The van der Waals surface area contributed by atoms with E-state index >= 15 is 0 Å². The van der Waals surface area contributed by atoms with Crippen LogP contribution in [-0.2, 0) is 14.3 Å². The van der Waals surface area contributed by atoms with Crippen LogP contribution in [-0.4, -0.2) is 52.5 Å². The highest BCUT2D eigenvalue weighted by molar-refractivity contribution is 6.00. The highest BCUT2D eigenvalue weighted by Crippen LogP contribution is 2.33. The smallest absolute Gasteiger partial charge is 0.287 e. The van der Waals surface area contributed by atoms with E-state index in [-0.39, 0.29) is 23.8 Å². The van der Waals surface area contributed by atoms with Gasteiger partial charge >= 0.3 is 0 Å². The Balaban J connectivity index is 1.59. The van der Waals surface area contributed by atoms with Gasteiger partial charge in [0, 0.05) is 31.4 Å². The van der Waals surface area contributed by atoms with E-state index in [2.05, 4.69) is 10.1 Å². The summed E-state index contributed by atoms with van der Waals surface area (Å²) in [6.07, 6.45) is 4.06. The van der Waals surface area contributed by atoms with Gasteiger partial charge in [0.25, 0.3) is 12.1 Å². The number of hydrazone groups is 1. The fraction of sp³-hybridized carbons (Fsp3) is 0.333. The van der Waals surface area contributed by atoms with Crippen molar-refractivity contribution in [2.75, 3.05) is 13.7 Å². The Bertz CT molecular complexity index is 947. The van der Waals surface area contributed by atoms with Gasteiger partial charge in [0.1, 0.15) is 5.75 Å². The molecule has 0 radical (unpaired) electrons. The van der Waals surface area contributed by atoms with E-state index in [9.17, 15) is 9.59 Å². The largest absolute Gasteiger partial charge is 0.497 e. The molecule has 2 aromatic rings. The molecule has 4 rings (SSSR count). The average molecular weight is 394 g/mol. The third kappa shape index (κ3) is 3.65. The number of aromatic nitrogens is 1. The van der Waals surface area contributed by atoms with Gasteiger partial charge in [-0.2, -0.15) is 5.01 Å². The summed E-state index contributed by atoms with van der Waals surface area (Å²) in [6.45, 7) is 1.97. The molecule has 1 saturated heterocycles. The molecule has 1 aromatic carbocycles. The van der Waals surface area contributed by atoms with Crippen molar-refractivity contribution in [3.63, 3.8) is 0 Å². The third-order valence-electron chi connectivity index (χ3n) is 5.12. The van der Waals surface area contributed by atoms with Crippen LogP contribution in [0.4, 0.5) is 0 Å². The van der Waals surface area contributed by atoms with E-state index in [1.807, 2.05) is 12.1 Å². The number of rotatable bonds is 4. The number of carbonyl (C=O) groups is 2. The van der Waals surface area contributed by atoms with E-state index in [0.29, 0.717) is 17.9 Å². The number of nitrogens with zero attached hydrogens (tertiary/aromatic N) is 4. The van der Waals surface area contributed by atoms with E-state index < -0.39 is 6.23 Å². The molecule has 2 amide bonds. The number of likely N-dealkylation sites (tertiary alicyclic amines) is 1. The number of amides is 2. The Morgan fingerprint density at radius 2 is 2.00 bits per heavy atom. The summed E-state index contributed by atoms with van der Waals surface area (Å²) >= 11 is 0. The van der Waals surface area contributed by atoms with Crippen LogP contribution < -0.4 is 4.74 Å². The van der Waals surface area contributed by atoms with E-state index in [1.165, 1.54) is 6.92 Å². The highest BCUT2D eigenvalue weighted by Gasteiger charge is 2.43. The molecule has 1 fully saturated rings. The monoisotopic (exact) mass is 394 g/mol. The fourth-order valence-corrected chi connectivity index (χ4v) is 3.71. The Morgan fingerprint density at radius 3 is 2.72 bits per heavy atom. The van der Waals surface area contributed by atoms with Gasteiger partial charge in [-0.15, -0.1) is 5.10 Å². The quantitative estimate of drug-likeness (QED) is 0.795. The van der Waals surface area contributed by atoms with Crippen LogP contribution in [0.2, 0.25) is 0 Å². The minimum atomic E-state index is -1.11. The molecule has 1 aromatic heterocycles. The minimum Gasteiger partial charge on any atom is -0.497 e. The number of hydrogen-bond donors (Lipinski definition) is 0. The van der Waals surface area contributed by atoms with Gasteiger partial charge in [-0.3, -0.25) is 14.6 Å². The summed E-state index contributed by atoms with van der Waals surface area (Å²) in [7, 11) is 1.57. The summed E-state index contributed by atoms with van der Waals surface area (Å²) in [6, 6.07) is 10.9. The second-order valence-electron chi connectivity index (χ2n) is 6.94. The maximum atomic E-state index is 13.3. The van der Waals surface area contributed by atoms with Crippen molar-refractivity contribution in [2.45, 2.75) is 32.0 Å². The van der Waals surface area contributed by atoms with Crippen molar-refractivity contribution in [1.29, 1.82) is 0 Å². The van der Waals surface area contributed by atoms with Crippen molar-refractivity contribution in [1.82, 2.24) is 14.9 Å². The molecule has 8 heteroatoms. The lowest BCUT2D eigenvalue weighted by molar-refractivity contribution is -0.154. The van der Waals surface area contributed by atoms with Crippen molar-refractivity contribution in [3.05, 3.63) is 59.9 Å². The molecule has 150 valence electrons. The van der Waals surface area contributed by atoms with Crippen LogP contribution in [0.3, 0.4) is 0 Å². The summed E-state index contributed by atoms with van der Waals surface area (Å²) in [5.41, 5.74) is 1.66. The van der Waals surface area contributed by atoms with Crippen LogP contribution >= 0.6 is 0 Å². The first-order valence-electron chi connectivity index (χ1n) is 9.48. The zero-order chi connectivity index (χ0) is 20.4. The molecule has 0 N–H and O–H groups in total. The molecular formula is C21H22N4O4. The van der Waals surface area contributed by atoms with Crippen molar-refractivity contribution >= 4 is 17.7 Å². The third-order valence-corrected chi connectivity index (χ3v) is 5.12. The number of hydrogen-bond acceptors (Lipinski definition) is 6. The van der Waals surface area contributed by atoms with Gasteiger partial charge < -0.3 is 14.4 Å². The Kier molecular flexibility index (Phi) is 5.16. The van der Waals surface area contributed by atoms with Crippen LogP contribution in [0, 0.1) is 0 Å². The topological polar surface area (TPSA) is 84.3 Å². The Morgan fingerprint density at radius 1 is 1.21 bits per heavy atom. The lowest BCUT2D eigenvalue weighted by Gasteiger charge is -2.29. The number of methoxy groups -OCH3 is 1. The second kappa shape index (κ2) is 7.90. The lowest BCUT2D eigenvalue weighted by atomic mass is 10.1. The maximum absolute atomic E-state index is 13.3. The summed E-state index contributed by atoms with van der Waals surface area (Å²) in [5, 5.41) is 5.38. The van der Waals surface area contributed by atoms with E-state index in [4.69, 9.17) is 9.47 Å². The van der Waals surface area contributed by atoms with Crippen LogP contribution in [0.25, 0.3) is 0 Å². The molecule has 2 atom stereocenters. The first kappa shape index (κ1) is 18.9. The Labute approximate surface area is 168 Å². The molecular weight excluding hydrogens is 372 g/mol. The molecule has 0 spiro atoms. The lowest BCUT2D eigenvalue weighted by Crippen LogP contribution is -2.47. The van der Waals surface area contributed by atoms with Crippen molar-refractivity contribution < 1.29 is 19.1 Å². The van der Waals surface area contributed by atoms with Gasteiger partial charge in [-0.25, -0.2) is 0 Å². The maximum Gasteiger partial charge on any atom is 0.287 e. The number of pyridine rings is 1. The standard InChI is InChI=1S/C21H22N4O4/c1-14(26)25-21(29-19(23-25)16-5-3-6-17(13-16)28-2)20(27)24-12-4-7-18(24)15-8-10-22-11-9-15/h3,5-6,8-11,13,18,21H,4,7,12H2,1-2H3. The van der Waals surface area contributed by atoms with Crippen LogP contribution in [0.5, 0.6) is 5.75 Å². The van der Waals surface area contributed by atoms with Gasteiger partial charge in [0.15, 0.2) is 0 Å². The molecule has 3 heterocycles.